The molecule has 2 amide bonds. The number of amides is 2. The predicted octanol–water partition coefficient (Wildman–Crippen LogP) is 2.37. The first-order chi connectivity index (χ1) is 13.5. The fraction of sp³-hybridized carbons (Fsp3) is 0.111. The molecule has 0 radical (unpaired) electrons. The summed E-state index contributed by atoms with van der Waals surface area (Å²) < 4.78 is 1.54. The number of aromatic nitrogens is 3. The molecule has 0 aliphatic carbocycles. The Morgan fingerprint density at radius 3 is 2.75 bits per heavy atom. The molecule has 0 saturated heterocycles. The van der Waals surface area contributed by atoms with E-state index in [0.717, 1.165) is 5.56 Å². The van der Waals surface area contributed by atoms with Gasteiger partial charge in [-0.05, 0) is 11.6 Å². The van der Waals surface area contributed by atoms with Crippen LogP contribution in [0.4, 0.5) is 17.6 Å². The summed E-state index contributed by atoms with van der Waals surface area (Å²) in [5.74, 6) is -0.575. The maximum Gasteiger partial charge on any atom is 0.270 e. The summed E-state index contributed by atoms with van der Waals surface area (Å²) in [5, 5.41) is 20.3. The minimum absolute atomic E-state index is 0.00497. The number of fused-ring (bicyclic) bond motifs is 1. The molecule has 2 heterocycles. The van der Waals surface area contributed by atoms with Crippen molar-refractivity contribution in [3.05, 3.63) is 75.8 Å². The molecule has 1 aliphatic rings. The second-order valence-corrected chi connectivity index (χ2v) is 6.14. The quantitative estimate of drug-likeness (QED) is 0.529. The van der Waals surface area contributed by atoms with Crippen LogP contribution in [0.3, 0.4) is 0 Å². The molecule has 2 aromatic carbocycles. The Morgan fingerprint density at radius 2 is 2.00 bits per heavy atom. The van der Waals surface area contributed by atoms with E-state index in [1.165, 1.54) is 24.3 Å². The Morgan fingerprint density at radius 1 is 1.21 bits per heavy atom. The van der Waals surface area contributed by atoms with Gasteiger partial charge < -0.3 is 0 Å². The van der Waals surface area contributed by atoms with E-state index in [1.807, 2.05) is 30.3 Å². The molecule has 0 spiro atoms. The Balaban J connectivity index is 1.61. The third-order valence-electron chi connectivity index (χ3n) is 4.29. The van der Waals surface area contributed by atoms with Crippen LogP contribution in [0.25, 0.3) is 0 Å². The van der Waals surface area contributed by atoms with Gasteiger partial charge in [-0.1, -0.05) is 36.4 Å². The first-order valence-electron chi connectivity index (χ1n) is 8.38. The second-order valence-electron chi connectivity index (χ2n) is 6.14. The number of carbonyl (C=O) groups is 2. The summed E-state index contributed by atoms with van der Waals surface area (Å²) in [5.41, 5.74) is 0.798. The van der Waals surface area contributed by atoms with Crippen LogP contribution in [0.5, 0.6) is 0 Å². The van der Waals surface area contributed by atoms with Crippen molar-refractivity contribution in [2.75, 3.05) is 10.6 Å². The average molecular weight is 378 g/mol. The van der Waals surface area contributed by atoms with Crippen molar-refractivity contribution >= 4 is 29.4 Å². The number of non-ortho nitro benzene ring substituents is 1. The van der Waals surface area contributed by atoms with Crippen LogP contribution in [0.2, 0.25) is 0 Å². The number of nitro groups is 1. The molecule has 28 heavy (non-hydrogen) atoms. The van der Waals surface area contributed by atoms with E-state index in [-0.39, 0.29) is 41.5 Å². The molecular weight excluding hydrogens is 364 g/mol. The van der Waals surface area contributed by atoms with Gasteiger partial charge in [0, 0.05) is 17.7 Å². The van der Waals surface area contributed by atoms with Gasteiger partial charge in [-0.2, -0.15) is 4.98 Å². The SMILES string of the molecule is O=C1CC(c2ccccc2)n2nc(NC(=O)c3cccc([N+](=O)[O-])c3)nc2N1. The summed E-state index contributed by atoms with van der Waals surface area (Å²) in [6.07, 6.45) is 0.193. The van der Waals surface area contributed by atoms with Crippen LogP contribution in [0.15, 0.2) is 54.6 Å². The van der Waals surface area contributed by atoms with E-state index < -0.39 is 10.8 Å². The third kappa shape index (κ3) is 3.30. The van der Waals surface area contributed by atoms with Crippen LogP contribution in [-0.2, 0) is 4.79 Å². The van der Waals surface area contributed by atoms with Crippen LogP contribution in [0, 0.1) is 10.1 Å². The van der Waals surface area contributed by atoms with Crippen LogP contribution < -0.4 is 10.6 Å². The van der Waals surface area contributed by atoms with Crippen molar-refractivity contribution in [3.8, 4) is 0 Å². The minimum Gasteiger partial charge on any atom is -0.295 e. The molecule has 0 fully saturated rings. The Hall–Kier alpha value is -4.08. The summed E-state index contributed by atoms with van der Waals surface area (Å²) in [7, 11) is 0. The van der Waals surface area contributed by atoms with E-state index in [4.69, 9.17) is 0 Å². The van der Waals surface area contributed by atoms with Crippen molar-refractivity contribution in [1.82, 2.24) is 14.8 Å². The van der Waals surface area contributed by atoms with Gasteiger partial charge >= 0.3 is 0 Å². The standard InChI is InChI=1S/C18H14N6O4/c25-15-10-14(11-5-2-1-3-6-11)23-18(19-15)21-17(22-23)20-16(26)12-7-4-8-13(9-12)24(27)28/h1-9,14H,10H2,(H2,19,20,21,22,25,26). The van der Waals surface area contributed by atoms with Gasteiger partial charge in [-0.25, -0.2) is 4.68 Å². The molecule has 1 aliphatic heterocycles. The smallest absolute Gasteiger partial charge is 0.270 e. The third-order valence-corrected chi connectivity index (χ3v) is 4.29. The summed E-state index contributed by atoms with van der Waals surface area (Å²) in [4.78, 5) is 38.9. The largest absolute Gasteiger partial charge is 0.295 e. The summed E-state index contributed by atoms with van der Waals surface area (Å²) in [6, 6.07) is 14.4. The van der Waals surface area contributed by atoms with Gasteiger partial charge in [0.2, 0.25) is 11.9 Å². The normalized spacial score (nSPS) is 15.4. The maximum absolute atomic E-state index is 12.4. The first-order valence-corrected chi connectivity index (χ1v) is 8.38. The Kier molecular flexibility index (Phi) is 4.28. The van der Waals surface area contributed by atoms with E-state index in [1.54, 1.807) is 4.68 Å². The number of nitro benzene ring substituents is 1. The topological polar surface area (TPSA) is 132 Å². The number of carbonyl (C=O) groups excluding carboxylic acids is 2. The predicted molar refractivity (Wildman–Crippen MR) is 98.9 cm³/mol. The molecule has 0 saturated carbocycles. The maximum atomic E-state index is 12.4. The molecule has 2 N–H and O–H groups in total. The number of hydrogen-bond acceptors (Lipinski definition) is 6. The van der Waals surface area contributed by atoms with Gasteiger partial charge in [0.1, 0.15) is 0 Å². The number of nitrogens with one attached hydrogen (secondary N) is 2. The minimum atomic E-state index is -0.589. The van der Waals surface area contributed by atoms with Gasteiger partial charge in [0.15, 0.2) is 0 Å². The fourth-order valence-electron chi connectivity index (χ4n) is 2.99. The second kappa shape index (κ2) is 6.91. The molecule has 10 heteroatoms. The molecule has 1 unspecified atom stereocenters. The number of benzene rings is 2. The number of rotatable bonds is 4. The summed E-state index contributed by atoms with van der Waals surface area (Å²) >= 11 is 0. The molecular formula is C18H14N6O4. The number of hydrogen-bond donors (Lipinski definition) is 2. The monoisotopic (exact) mass is 378 g/mol. The summed E-state index contributed by atoms with van der Waals surface area (Å²) in [6.45, 7) is 0. The van der Waals surface area contributed by atoms with Crippen molar-refractivity contribution < 1.29 is 14.5 Å². The fourth-order valence-corrected chi connectivity index (χ4v) is 2.99. The lowest BCUT2D eigenvalue weighted by molar-refractivity contribution is -0.384. The highest BCUT2D eigenvalue weighted by atomic mass is 16.6. The van der Waals surface area contributed by atoms with Gasteiger partial charge in [0.05, 0.1) is 17.4 Å². The molecule has 3 aromatic rings. The van der Waals surface area contributed by atoms with E-state index in [9.17, 15) is 19.7 Å². The highest BCUT2D eigenvalue weighted by Crippen LogP contribution is 2.29. The van der Waals surface area contributed by atoms with Crippen LogP contribution in [0.1, 0.15) is 28.4 Å². The zero-order chi connectivity index (χ0) is 19.7. The van der Waals surface area contributed by atoms with Gasteiger partial charge in [0.25, 0.3) is 17.5 Å². The Labute approximate surface area is 158 Å². The number of anilines is 2. The molecule has 4 rings (SSSR count). The van der Waals surface area contributed by atoms with Crippen molar-refractivity contribution in [3.63, 3.8) is 0 Å². The Bertz CT molecular complexity index is 1080. The van der Waals surface area contributed by atoms with E-state index >= 15 is 0 Å². The van der Waals surface area contributed by atoms with Gasteiger partial charge in [-0.15, -0.1) is 5.10 Å². The average Bonchev–Trinajstić information content (AvgIpc) is 3.10. The van der Waals surface area contributed by atoms with Crippen molar-refractivity contribution in [1.29, 1.82) is 0 Å². The van der Waals surface area contributed by atoms with Crippen LogP contribution >= 0.6 is 0 Å². The highest BCUT2D eigenvalue weighted by Gasteiger charge is 2.29. The molecule has 0 bridgehead atoms. The molecule has 1 aromatic heterocycles. The zero-order valence-electron chi connectivity index (χ0n) is 14.4. The highest BCUT2D eigenvalue weighted by molar-refractivity contribution is 6.03. The van der Waals surface area contributed by atoms with Crippen molar-refractivity contribution in [2.24, 2.45) is 0 Å². The molecule has 140 valence electrons. The lowest BCUT2D eigenvalue weighted by atomic mass is 10.0. The lowest BCUT2D eigenvalue weighted by Crippen LogP contribution is -2.29. The van der Waals surface area contributed by atoms with Crippen molar-refractivity contribution in [2.45, 2.75) is 12.5 Å². The van der Waals surface area contributed by atoms with Crippen LogP contribution in [-0.4, -0.2) is 31.5 Å². The van der Waals surface area contributed by atoms with E-state index in [0.29, 0.717) is 0 Å². The molecule has 10 nitrogen and oxygen atoms in total. The lowest BCUT2D eigenvalue weighted by Gasteiger charge is -2.23. The van der Waals surface area contributed by atoms with E-state index in [2.05, 4.69) is 20.7 Å². The van der Waals surface area contributed by atoms with Gasteiger partial charge in [-0.3, -0.25) is 30.3 Å². The molecule has 1 atom stereocenters. The zero-order valence-corrected chi connectivity index (χ0v) is 14.4. The first kappa shape index (κ1) is 17.3. The number of nitrogens with zero attached hydrogens (tertiary/aromatic N) is 4.